The van der Waals surface area contributed by atoms with Gasteiger partial charge in [-0.2, -0.15) is 0 Å². The maximum Gasteiger partial charge on any atom is 0.317 e. The van der Waals surface area contributed by atoms with E-state index in [2.05, 4.69) is 46.0 Å². The van der Waals surface area contributed by atoms with E-state index >= 15 is 0 Å². The highest BCUT2D eigenvalue weighted by Gasteiger charge is 2.62. The Hall–Kier alpha value is -3.68. The largest absolute Gasteiger partial charge is 0.458 e. The number of esters is 2. The lowest BCUT2D eigenvalue weighted by atomic mass is 9.65. The molecule has 5 heterocycles. The zero-order valence-corrected chi connectivity index (χ0v) is 43.7. The Morgan fingerprint density at radius 1 is 0.970 bits per heavy atom. The molecule has 5 rings (SSSR count). The zero-order valence-electron chi connectivity index (χ0n) is 41.9. The number of fused-ring (bicyclic) bond motifs is 1. The SMILES string of the molecule is CC[C@@H]1OC(=O)[C@H](C)C(=O)[C@H](C)[C@@H](O[C@@H]2O[C@@H](C)C[C@H](N(C)C)[C@H]2O[Si](CC)(CC)CC)C(C)(C)C[C@@H](C)C(=O)[C@H](C)[C@H]2[C@H](/C(N)=N/O[C@@H](C)c3nnc(-c4ccccn4)s3)C(=O)O[C@@]21C. The number of carbonyl (C=O) groups is 4. The van der Waals surface area contributed by atoms with Gasteiger partial charge in [-0.3, -0.25) is 24.2 Å². The number of Topliss-reactive ketones (excluding diaryl/α,β-unsaturated/α-hetero) is 2. The van der Waals surface area contributed by atoms with Crippen LogP contribution in [-0.4, -0.2) is 114 Å². The van der Waals surface area contributed by atoms with Crippen LogP contribution in [0, 0.1) is 40.9 Å². The first-order valence-electron chi connectivity index (χ1n) is 23.9. The van der Waals surface area contributed by atoms with Gasteiger partial charge in [0.2, 0.25) is 0 Å². The lowest BCUT2D eigenvalue weighted by Crippen LogP contribution is -2.61. The van der Waals surface area contributed by atoms with Crippen LogP contribution in [0.4, 0.5) is 0 Å². The number of hydrogen-bond donors (Lipinski definition) is 1. The number of pyridine rings is 1. The van der Waals surface area contributed by atoms with Crippen LogP contribution in [-0.2, 0) is 47.4 Å². The number of likely N-dealkylation sites (N-methyl/N-ethyl adjacent to an activating group) is 1. The Balaban J connectivity index is 1.52. The normalized spacial score (nSPS) is 34.3. The maximum atomic E-state index is 15.0. The van der Waals surface area contributed by atoms with E-state index in [9.17, 15) is 19.2 Å². The van der Waals surface area contributed by atoms with E-state index < -0.39 is 97.5 Å². The van der Waals surface area contributed by atoms with Gasteiger partial charge in [-0.05, 0) is 96.7 Å². The minimum Gasteiger partial charge on any atom is -0.458 e. The number of ketones is 2. The predicted octanol–water partition coefficient (Wildman–Crippen LogP) is 7.77. The quantitative estimate of drug-likeness (QED) is 0.0480. The van der Waals surface area contributed by atoms with Gasteiger partial charge in [0, 0.05) is 35.9 Å². The van der Waals surface area contributed by atoms with Gasteiger partial charge in [0.25, 0.3) is 0 Å². The summed E-state index contributed by atoms with van der Waals surface area (Å²) in [5.41, 5.74) is 4.96. The van der Waals surface area contributed by atoms with E-state index in [-0.39, 0.29) is 36.0 Å². The smallest absolute Gasteiger partial charge is 0.317 e. The van der Waals surface area contributed by atoms with Gasteiger partial charge in [0.05, 0.1) is 12.2 Å². The second kappa shape index (κ2) is 21.7. The predicted molar refractivity (Wildman–Crippen MR) is 254 cm³/mol. The van der Waals surface area contributed by atoms with Crippen LogP contribution in [0.15, 0.2) is 29.6 Å². The van der Waals surface area contributed by atoms with Crippen molar-refractivity contribution in [1.82, 2.24) is 20.1 Å². The summed E-state index contributed by atoms with van der Waals surface area (Å²) in [5.74, 6) is -7.93. The van der Waals surface area contributed by atoms with E-state index in [1.807, 2.05) is 60.0 Å². The molecule has 3 aliphatic rings. The lowest BCUT2D eigenvalue weighted by molar-refractivity contribution is -0.282. The van der Waals surface area contributed by atoms with Crippen molar-refractivity contribution in [3.63, 3.8) is 0 Å². The number of carbonyl (C=O) groups excluding carboxylic acids is 4. The molecule has 3 saturated heterocycles. The number of oxime groups is 1. The molecule has 2 N–H and O–H groups in total. The summed E-state index contributed by atoms with van der Waals surface area (Å²) in [6.45, 7) is 24.7. The first-order chi connectivity index (χ1) is 31.0. The topological polar surface area (TPSA) is 204 Å². The fourth-order valence-corrected chi connectivity index (χ4v) is 14.4. The first kappa shape index (κ1) is 53.3. The van der Waals surface area contributed by atoms with Gasteiger partial charge in [-0.15, -0.1) is 10.2 Å². The van der Waals surface area contributed by atoms with Crippen molar-refractivity contribution in [3.8, 4) is 10.7 Å². The zero-order chi connectivity index (χ0) is 49.1. The monoisotopic (exact) mass is 957 g/mol. The molecule has 0 radical (unpaired) electrons. The first-order valence-corrected chi connectivity index (χ1v) is 27.2. The van der Waals surface area contributed by atoms with Crippen molar-refractivity contribution < 1.29 is 47.4 Å². The maximum absolute atomic E-state index is 15.0. The summed E-state index contributed by atoms with van der Waals surface area (Å²) >= 11 is 1.28. The van der Waals surface area contributed by atoms with Gasteiger partial charge in [-0.1, -0.05) is 84.9 Å². The Morgan fingerprint density at radius 3 is 2.23 bits per heavy atom. The number of rotatable bonds is 14. The number of amidine groups is 1. The highest BCUT2D eigenvalue weighted by Crippen LogP contribution is 2.49. The molecular formula is C48H76N6O10SSi. The van der Waals surface area contributed by atoms with E-state index in [1.54, 1.807) is 47.7 Å². The van der Waals surface area contributed by atoms with E-state index in [4.69, 9.17) is 33.9 Å². The molecular weight excluding hydrogens is 881 g/mol. The van der Waals surface area contributed by atoms with Crippen molar-refractivity contribution in [2.24, 2.45) is 51.8 Å². The van der Waals surface area contributed by atoms with Crippen LogP contribution in [0.3, 0.4) is 0 Å². The highest BCUT2D eigenvalue weighted by atomic mass is 32.1. The average molecular weight is 957 g/mol. The molecule has 2 aromatic heterocycles. The van der Waals surface area contributed by atoms with Gasteiger partial charge < -0.3 is 38.8 Å². The molecule has 0 bridgehead atoms. The molecule has 0 saturated carbocycles. The molecule has 66 heavy (non-hydrogen) atoms. The Labute approximate surface area is 396 Å². The number of ether oxygens (including phenoxy) is 4. The molecule has 3 fully saturated rings. The number of nitrogens with two attached hydrogens (primary N) is 1. The van der Waals surface area contributed by atoms with E-state index in [0.29, 0.717) is 22.1 Å². The minimum atomic E-state index is -2.20. The van der Waals surface area contributed by atoms with E-state index in [1.165, 1.54) is 11.3 Å². The van der Waals surface area contributed by atoms with Gasteiger partial charge in [-0.25, -0.2) is 0 Å². The Morgan fingerprint density at radius 2 is 1.64 bits per heavy atom. The molecule has 0 amide bonds. The molecule has 0 spiro atoms. The van der Waals surface area contributed by atoms with Crippen molar-refractivity contribution in [1.29, 1.82) is 0 Å². The van der Waals surface area contributed by atoms with Crippen LogP contribution in [0.2, 0.25) is 18.1 Å². The summed E-state index contributed by atoms with van der Waals surface area (Å²) in [6.07, 6.45) is -1.13. The van der Waals surface area contributed by atoms with Gasteiger partial charge in [0.15, 0.2) is 47.9 Å². The van der Waals surface area contributed by atoms with Crippen molar-refractivity contribution >= 4 is 49.0 Å². The molecule has 18 heteroatoms. The third-order valence-electron chi connectivity index (χ3n) is 14.8. The molecule has 0 unspecified atom stereocenters. The summed E-state index contributed by atoms with van der Waals surface area (Å²) < 4.78 is 33.4. The van der Waals surface area contributed by atoms with Crippen molar-refractivity contribution in [3.05, 3.63) is 29.4 Å². The van der Waals surface area contributed by atoms with Crippen LogP contribution < -0.4 is 5.73 Å². The molecule has 3 aliphatic heterocycles. The van der Waals surface area contributed by atoms with Gasteiger partial charge >= 0.3 is 11.9 Å². The van der Waals surface area contributed by atoms with Crippen molar-refractivity contribution in [2.45, 2.75) is 176 Å². The molecule has 368 valence electrons. The fourth-order valence-electron chi connectivity index (χ4n) is 10.7. The van der Waals surface area contributed by atoms with Crippen LogP contribution >= 0.6 is 11.3 Å². The molecule has 2 aromatic rings. The Bertz CT molecular complexity index is 2030. The summed E-state index contributed by atoms with van der Waals surface area (Å²) in [5, 5.41) is 13.8. The number of nitrogens with zero attached hydrogens (tertiary/aromatic N) is 5. The summed E-state index contributed by atoms with van der Waals surface area (Å²) in [7, 11) is 1.88. The van der Waals surface area contributed by atoms with Crippen molar-refractivity contribution in [2.75, 3.05) is 14.1 Å². The summed E-state index contributed by atoms with van der Waals surface area (Å²) in [6, 6.07) is 8.25. The second-order valence-corrected chi connectivity index (χ2v) is 25.8. The molecule has 0 aliphatic carbocycles. The van der Waals surface area contributed by atoms with E-state index in [0.717, 1.165) is 24.6 Å². The molecule has 0 aromatic carbocycles. The average Bonchev–Trinajstić information content (AvgIpc) is 3.89. The van der Waals surface area contributed by atoms with Gasteiger partial charge in [0.1, 0.15) is 35.5 Å². The van der Waals surface area contributed by atoms with Crippen LogP contribution in [0.25, 0.3) is 10.7 Å². The molecule has 16 nitrogen and oxygen atoms in total. The third-order valence-corrected chi connectivity index (χ3v) is 20.5. The minimum absolute atomic E-state index is 0.0262. The number of cyclic esters (lactones) is 1. The number of hydrogen-bond acceptors (Lipinski definition) is 16. The summed E-state index contributed by atoms with van der Waals surface area (Å²) in [4.78, 5) is 70.4. The standard InChI is InChI=1S/C48H76N6O10SSi/c1-16-34-48(13)36(35(45(58)62-48)41(49)53-63-31(10)42-51-52-43(65-42)32-22-20-21-23-50-32)28(7)37(55)26(5)25-47(11,12)40(29(8)38(56)30(9)44(57)60-34)61-46-39(64-66(17-2,18-3)19-4)33(54(14)15)24-27(6)59-46/h20-23,26-31,33-36,39-40,46H,16-19,24-25H2,1-15H3,(H2,49,53)/t26-,27+,28-,29+,30-,31+,33+,34+,35-,36+,39-,40-,46+,48-/m1/s1. The van der Waals surface area contributed by atoms with Crippen LogP contribution in [0.1, 0.15) is 120 Å². The lowest BCUT2D eigenvalue weighted by Gasteiger charge is -2.50. The Kier molecular flexibility index (Phi) is 17.5. The number of aromatic nitrogens is 3. The molecule has 14 atom stereocenters. The van der Waals surface area contributed by atoms with Crippen LogP contribution in [0.5, 0.6) is 0 Å². The second-order valence-electron chi connectivity index (χ2n) is 20.0. The fraction of sp³-hybridized carbons (Fsp3) is 0.750. The highest BCUT2D eigenvalue weighted by molar-refractivity contribution is 7.14. The third kappa shape index (κ3) is 11.1.